The highest BCUT2D eigenvalue weighted by atomic mass is 16.7. The molecule has 78 valence electrons. The maximum atomic E-state index is 5.82. The monoisotopic (exact) mass is 186 g/mol. The third-order valence-corrected chi connectivity index (χ3v) is 2.34. The van der Waals surface area contributed by atoms with Crippen molar-refractivity contribution in [3.8, 4) is 0 Å². The molecule has 1 fully saturated rings. The second kappa shape index (κ2) is 5.61. The summed E-state index contributed by atoms with van der Waals surface area (Å²) in [4.78, 5) is 0. The lowest BCUT2D eigenvalue weighted by molar-refractivity contribution is -0.209. The van der Waals surface area contributed by atoms with E-state index in [-0.39, 0.29) is 12.4 Å². The van der Waals surface area contributed by atoms with Crippen molar-refractivity contribution >= 4 is 0 Å². The second-order valence-corrected chi connectivity index (χ2v) is 4.09. The van der Waals surface area contributed by atoms with Crippen molar-refractivity contribution < 1.29 is 9.47 Å². The van der Waals surface area contributed by atoms with Crippen molar-refractivity contribution in [2.24, 2.45) is 0 Å². The largest absolute Gasteiger partial charge is 0.350 e. The highest BCUT2D eigenvalue weighted by molar-refractivity contribution is 4.66. The van der Waals surface area contributed by atoms with Gasteiger partial charge in [-0.05, 0) is 39.5 Å². The van der Waals surface area contributed by atoms with Gasteiger partial charge < -0.3 is 9.47 Å². The first-order valence-corrected chi connectivity index (χ1v) is 5.53. The molecule has 0 aromatic carbocycles. The van der Waals surface area contributed by atoms with Crippen LogP contribution in [0.25, 0.3) is 0 Å². The highest BCUT2D eigenvalue weighted by Gasteiger charge is 2.22. The minimum atomic E-state index is 0.0605. The molecule has 13 heavy (non-hydrogen) atoms. The summed E-state index contributed by atoms with van der Waals surface area (Å²) in [6.45, 7) is 6.33. The van der Waals surface area contributed by atoms with Crippen molar-refractivity contribution in [3.63, 3.8) is 0 Å². The van der Waals surface area contributed by atoms with Gasteiger partial charge in [0, 0.05) is 0 Å². The zero-order chi connectivity index (χ0) is 9.68. The summed E-state index contributed by atoms with van der Waals surface area (Å²) in [6.07, 6.45) is 6.71. The van der Waals surface area contributed by atoms with Crippen LogP contribution in [0.15, 0.2) is 0 Å². The van der Waals surface area contributed by atoms with Crippen molar-refractivity contribution in [3.05, 3.63) is 0 Å². The summed E-state index contributed by atoms with van der Waals surface area (Å²) >= 11 is 0. The van der Waals surface area contributed by atoms with Gasteiger partial charge in [-0.3, -0.25) is 0 Å². The summed E-state index contributed by atoms with van der Waals surface area (Å²) in [5.74, 6) is 0. The highest BCUT2D eigenvalue weighted by Crippen LogP contribution is 2.23. The van der Waals surface area contributed by atoms with E-state index in [4.69, 9.17) is 9.47 Å². The molecule has 2 nitrogen and oxygen atoms in total. The van der Waals surface area contributed by atoms with E-state index in [2.05, 4.69) is 20.8 Å². The molecule has 0 radical (unpaired) electrons. The zero-order valence-electron chi connectivity index (χ0n) is 9.08. The predicted octanol–water partition coefficient (Wildman–Crippen LogP) is 3.11. The second-order valence-electron chi connectivity index (χ2n) is 4.09. The summed E-state index contributed by atoms with van der Waals surface area (Å²) in [6, 6.07) is 0. The quantitative estimate of drug-likeness (QED) is 0.671. The topological polar surface area (TPSA) is 18.5 Å². The van der Waals surface area contributed by atoms with E-state index >= 15 is 0 Å². The van der Waals surface area contributed by atoms with E-state index in [0.29, 0.717) is 6.10 Å². The van der Waals surface area contributed by atoms with Crippen molar-refractivity contribution in [2.75, 3.05) is 0 Å². The van der Waals surface area contributed by atoms with Crippen molar-refractivity contribution in [1.29, 1.82) is 0 Å². The summed E-state index contributed by atoms with van der Waals surface area (Å²) < 4.78 is 11.5. The van der Waals surface area contributed by atoms with Gasteiger partial charge in [0.15, 0.2) is 6.29 Å². The molecule has 0 saturated carbocycles. The van der Waals surface area contributed by atoms with Crippen LogP contribution in [0, 0.1) is 0 Å². The first kappa shape index (κ1) is 11.0. The Hall–Kier alpha value is -0.0800. The molecule has 0 spiro atoms. The summed E-state index contributed by atoms with van der Waals surface area (Å²) in [5.41, 5.74) is 0. The number of ether oxygens (including phenoxy) is 2. The van der Waals surface area contributed by atoms with E-state index in [1.165, 1.54) is 25.7 Å². The molecular formula is C11H22O2. The minimum Gasteiger partial charge on any atom is -0.350 e. The van der Waals surface area contributed by atoms with Crippen LogP contribution >= 0.6 is 0 Å². The van der Waals surface area contributed by atoms with E-state index in [1.807, 2.05) is 0 Å². The number of rotatable bonds is 4. The molecule has 2 heteroatoms. The van der Waals surface area contributed by atoms with Crippen LogP contribution < -0.4 is 0 Å². The smallest absolute Gasteiger partial charge is 0.158 e. The third kappa shape index (κ3) is 4.10. The molecule has 2 atom stereocenters. The molecule has 2 unspecified atom stereocenters. The molecule has 0 bridgehead atoms. The number of hydrogen-bond acceptors (Lipinski definition) is 2. The van der Waals surface area contributed by atoms with E-state index < -0.39 is 0 Å². The zero-order valence-corrected chi connectivity index (χ0v) is 9.08. The fourth-order valence-corrected chi connectivity index (χ4v) is 1.80. The van der Waals surface area contributed by atoms with Gasteiger partial charge in [0.25, 0.3) is 0 Å². The average Bonchev–Trinajstić information content (AvgIpc) is 2.04. The van der Waals surface area contributed by atoms with Crippen LogP contribution in [0.4, 0.5) is 0 Å². The van der Waals surface area contributed by atoms with Gasteiger partial charge in [-0.25, -0.2) is 0 Å². The van der Waals surface area contributed by atoms with Crippen LogP contribution in [-0.4, -0.2) is 18.5 Å². The Morgan fingerprint density at radius 3 is 2.77 bits per heavy atom. The van der Waals surface area contributed by atoms with E-state index in [0.717, 1.165) is 6.42 Å². The molecule has 0 amide bonds. The number of hydrogen-bond donors (Lipinski definition) is 0. The summed E-state index contributed by atoms with van der Waals surface area (Å²) in [7, 11) is 0. The normalized spacial score (nSPS) is 29.5. The van der Waals surface area contributed by atoms with Gasteiger partial charge in [0.2, 0.25) is 0 Å². The van der Waals surface area contributed by atoms with Gasteiger partial charge in [-0.1, -0.05) is 13.3 Å². The van der Waals surface area contributed by atoms with Crippen LogP contribution in [0.3, 0.4) is 0 Å². The Bertz CT molecular complexity index is 132. The van der Waals surface area contributed by atoms with Gasteiger partial charge in [0.1, 0.15) is 0 Å². The standard InChI is InChI=1S/C11H22O2/c1-4-6-10-7-5-8-11(13-10)12-9(2)3/h9-11H,4-8H2,1-3H3. The lowest BCUT2D eigenvalue weighted by Gasteiger charge is -2.30. The predicted molar refractivity (Wildman–Crippen MR) is 53.6 cm³/mol. The molecule has 0 aromatic heterocycles. The Labute approximate surface area is 81.6 Å². The summed E-state index contributed by atoms with van der Waals surface area (Å²) in [5, 5.41) is 0. The van der Waals surface area contributed by atoms with Crippen molar-refractivity contribution in [2.45, 2.75) is 71.4 Å². The lowest BCUT2D eigenvalue weighted by Crippen LogP contribution is -2.31. The first-order valence-electron chi connectivity index (χ1n) is 5.53. The Morgan fingerprint density at radius 1 is 1.38 bits per heavy atom. The van der Waals surface area contributed by atoms with Gasteiger partial charge in [-0.15, -0.1) is 0 Å². The fraction of sp³-hybridized carbons (Fsp3) is 1.00. The maximum absolute atomic E-state index is 5.82. The molecular weight excluding hydrogens is 164 g/mol. The molecule has 1 saturated heterocycles. The van der Waals surface area contributed by atoms with E-state index in [1.54, 1.807) is 0 Å². The Kier molecular flexibility index (Phi) is 4.74. The van der Waals surface area contributed by atoms with Crippen LogP contribution in [-0.2, 0) is 9.47 Å². The molecule has 1 heterocycles. The minimum absolute atomic E-state index is 0.0605. The first-order chi connectivity index (χ1) is 6.22. The van der Waals surface area contributed by atoms with E-state index in [9.17, 15) is 0 Å². The van der Waals surface area contributed by atoms with Crippen LogP contribution in [0.5, 0.6) is 0 Å². The van der Waals surface area contributed by atoms with Gasteiger partial charge in [-0.2, -0.15) is 0 Å². The Balaban J connectivity index is 2.24. The van der Waals surface area contributed by atoms with Gasteiger partial charge in [0.05, 0.1) is 12.2 Å². The van der Waals surface area contributed by atoms with Crippen LogP contribution in [0.2, 0.25) is 0 Å². The molecule has 1 rings (SSSR count). The van der Waals surface area contributed by atoms with Crippen molar-refractivity contribution in [1.82, 2.24) is 0 Å². The molecule has 0 aromatic rings. The average molecular weight is 186 g/mol. The lowest BCUT2D eigenvalue weighted by atomic mass is 10.0. The molecule has 0 N–H and O–H groups in total. The van der Waals surface area contributed by atoms with Crippen LogP contribution in [0.1, 0.15) is 52.9 Å². The molecule has 1 aliphatic rings. The Morgan fingerprint density at radius 2 is 2.15 bits per heavy atom. The molecule has 1 aliphatic heterocycles. The maximum Gasteiger partial charge on any atom is 0.158 e. The SMILES string of the molecule is CCCC1CCCC(OC(C)C)O1. The van der Waals surface area contributed by atoms with Gasteiger partial charge >= 0.3 is 0 Å². The third-order valence-electron chi connectivity index (χ3n) is 2.34. The molecule has 0 aliphatic carbocycles. The fourth-order valence-electron chi connectivity index (χ4n) is 1.80.